The van der Waals surface area contributed by atoms with Crippen LogP contribution in [0.5, 0.6) is 0 Å². The van der Waals surface area contributed by atoms with Crippen molar-refractivity contribution in [2.45, 2.75) is 44.1 Å². The molecule has 130 valence electrons. The molecule has 0 saturated heterocycles. The molecule has 0 aliphatic heterocycles. The lowest BCUT2D eigenvalue weighted by Crippen LogP contribution is -2.34. The monoisotopic (exact) mass is 350 g/mol. The van der Waals surface area contributed by atoms with Gasteiger partial charge in [-0.15, -0.1) is 12.4 Å². The lowest BCUT2D eigenvalue weighted by atomic mass is 9.99. The highest BCUT2D eigenvalue weighted by Gasteiger charge is 2.35. The summed E-state index contributed by atoms with van der Waals surface area (Å²) in [4.78, 5) is 16.3. The van der Waals surface area contributed by atoms with Crippen LogP contribution in [0.2, 0.25) is 0 Å². The molecule has 0 unspecified atom stereocenters. The fourth-order valence-electron chi connectivity index (χ4n) is 2.94. The number of nitrogens with zero attached hydrogens (tertiary/aromatic N) is 2. The van der Waals surface area contributed by atoms with Gasteiger partial charge < -0.3 is 15.6 Å². The summed E-state index contributed by atoms with van der Waals surface area (Å²) in [6.07, 6.45) is 4.91. The topological polar surface area (TPSA) is 94.0 Å². The molecule has 7 heteroatoms. The number of rotatable bonds is 6. The van der Waals surface area contributed by atoms with E-state index >= 15 is 0 Å². The molecule has 1 aromatic carbocycles. The van der Waals surface area contributed by atoms with E-state index in [2.05, 4.69) is 15.5 Å². The van der Waals surface area contributed by atoms with E-state index in [1.54, 1.807) is 0 Å². The van der Waals surface area contributed by atoms with Gasteiger partial charge in [0.15, 0.2) is 5.82 Å². The summed E-state index contributed by atoms with van der Waals surface area (Å²) in [6.45, 7) is 0.477. The molecule has 1 amide bonds. The van der Waals surface area contributed by atoms with Crippen LogP contribution in [0.1, 0.15) is 43.0 Å². The summed E-state index contributed by atoms with van der Waals surface area (Å²) in [5.41, 5.74) is 6.87. The van der Waals surface area contributed by atoms with Gasteiger partial charge in [-0.2, -0.15) is 4.98 Å². The summed E-state index contributed by atoms with van der Waals surface area (Å²) in [5, 5.41) is 6.88. The SMILES string of the molecule is Cl.NC1(c2noc(CCNC(=O)Cc3ccccc3)n2)CCCC1. The van der Waals surface area contributed by atoms with Crippen LogP contribution in [-0.4, -0.2) is 22.6 Å². The van der Waals surface area contributed by atoms with E-state index in [4.69, 9.17) is 10.3 Å². The first-order chi connectivity index (χ1) is 11.2. The van der Waals surface area contributed by atoms with Crippen LogP contribution in [0, 0.1) is 0 Å². The summed E-state index contributed by atoms with van der Waals surface area (Å²) in [7, 11) is 0. The molecule has 3 rings (SSSR count). The van der Waals surface area contributed by atoms with E-state index < -0.39 is 5.54 Å². The van der Waals surface area contributed by atoms with Gasteiger partial charge in [0.25, 0.3) is 0 Å². The third-order valence-electron chi connectivity index (χ3n) is 4.28. The van der Waals surface area contributed by atoms with Crippen molar-refractivity contribution < 1.29 is 9.32 Å². The molecule has 1 saturated carbocycles. The minimum Gasteiger partial charge on any atom is -0.355 e. The van der Waals surface area contributed by atoms with E-state index in [1.807, 2.05) is 30.3 Å². The molecular formula is C17H23ClN4O2. The molecule has 0 atom stereocenters. The number of nitrogens with one attached hydrogen (secondary N) is 1. The van der Waals surface area contributed by atoms with Crippen molar-refractivity contribution in [3.8, 4) is 0 Å². The predicted molar refractivity (Wildman–Crippen MR) is 92.7 cm³/mol. The second-order valence-corrected chi connectivity index (χ2v) is 6.14. The number of aromatic nitrogens is 2. The molecule has 0 bridgehead atoms. The third-order valence-corrected chi connectivity index (χ3v) is 4.28. The van der Waals surface area contributed by atoms with Gasteiger partial charge >= 0.3 is 0 Å². The average Bonchev–Trinajstić information content (AvgIpc) is 3.18. The van der Waals surface area contributed by atoms with Crippen LogP contribution in [0.25, 0.3) is 0 Å². The first kappa shape index (κ1) is 18.4. The van der Waals surface area contributed by atoms with Gasteiger partial charge in [-0.3, -0.25) is 4.79 Å². The first-order valence-corrected chi connectivity index (χ1v) is 8.08. The molecule has 6 nitrogen and oxygen atoms in total. The number of carbonyl (C=O) groups excluding carboxylic acids is 1. The molecule has 24 heavy (non-hydrogen) atoms. The molecule has 1 aliphatic rings. The minimum absolute atomic E-state index is 0. The summed E-state index contributed by atoms with van der Waals surface area (Å²) >= 11 is 0. The summed E-state index contributed by atoms with van der Waals surface area (Å²) < 4.78 is 5.25. The van der Waals surface area contributed by atoms with Gasteiger partial charge in [-0.05, 0) is 18.4 Å². The zero-order valence-electron chi connectivity index (χ0n) is 13.5. The van der Waals surface area contributed by atoms with Crippen LogP contribution >= 0.6 is 12.4 Å². The van der Waals surface area contributed by atoms with Crippen LogP contribution < -0.4 is 11.1 Å². The van der Waals surface area contributed by atoms with Crippen molar-refractivity contribution in [2.24, 2.45) is 5.73 Å². The van der Waals surface area contributed by atoms with E-state index in [0.717, 1.165) is 31.2 Å². The fourth-order valence-corrected chi connectivity index (χ4v) is 2.94. The molecule has 1 aromatic heterocycles. The molecule has 0 spiro atoms. The molecule has 1 aliphatic carbocycles. The van der Waals surface area contributed by atoms with Crippen LogP contribution in [0.15, 0.2) is 34.9 Å². The molecule has 3 N–H and O–H groups in total. The largest absolute Gasteiger partial charge is 0.355 e. The van der Waals surface area contributed by atoms with Crippen molar-refractivity contribution >= 4 is 18.3 Å². The average molecular weight is 351 g/mol. The maximum Gasteiger partial charge on any atom is 0.228 e. The van der Waals surface area contributed by atoms with Crippen molar-refractivity contribution in [3.05, 3.63) is 47.6 Å². The Labute approximate surface area is 147 Å². The highest BCUT2D eigenvalue weighted by atomic mass is 35.5. The Hall–Kier alpha value is -1.92. The van der Waals surface area contributed by atoms with Crippen LogP contribution in [-0.2, 0) is 23.2 Å². The zero-order chi connectivity index (χ0) is 16.1. The standard InChI is InChI=1S/C17H22N4O2.ClH/c18-17(9-4-5-10-17)16-20-15(23-21-16)8-11-19-14(22)12-13-6-2-1-3-7-13;/h1-3,6-7H,4-5,8-12,18H2,(H,19,22);1H. The first-order valence-electron chi connectivity index (χ1n) is 8.08. The van der Waals surface area contributed by atoms with Gasteiger partial charge in [-0.1, -0.05) is 48.3 Å². The van der Waals surface area contributed by atoms with E-state index in [1.165, 1.54) is 0 Å². The normalized spacial score (nSPS) is 15.7. The lowest BCUT2D eigenvalue weighted by molar-refractivity contribution is -0.120. The molecule has 1 fully saturated rings. The van der Waals surface area contributed by atoms with Crippen LogP contribution in [0.4, 0.5) is 0 Å². The Kier molecular flexibility index (Phi) is 6.34. The molecule has 0 radical (unpaired) electrons. The fraction of sp³-hybridized carbons (Fsp3) is 0.471. The highest BCUT2D eigenvalue weighted by molar-refractivity contribution is 5.85. The number of halogens is 1. The molecule has 1 heterocycles. The number of nitrogens with two attached hydrogens (primary N) is 1. The van der Waals surface area contributed by atoms with Gasteiger partial charge in [0.05, 0.1) is 12.0 Å². The maximum atomic E-state index is 11.9. The quantitative estimate of drug-likeness (QED) is 0.832. The second kappa shape index (κ2) is 8.26. The Morgan fingerprint density at radius 2 is 1.96 bits per heavy atom. The number of amides is 1. The van der Waals surface area contributed by atoms with Crippen molar-refractivity contribution in [3.63, 3.8) is 0 Å². The summed E-state index contributed by atoms with van der Waals surface area (Å²) in [5.74, 6) is 1.11. The van der Waals surface area contributed by atoms with Gasteiger partial charge in [0.1, 0.15) is 0 Å². The van der Waals surface area contributed by atoms with Crippen LogP contribution in [0.3, 0.4) is 0 Å². The van der Waals surface area contributed by atoms with E-state index in [-0.39, 0.29) is 18.3 Å². The second-order valence-electron chi connectivity index (χ2n) is 6.14. The number of carbonyl (C=O) groups is 1. The zero-order valence-corrected chi connectivity index (χ0v) is 14.3. The lowest BCUT2D eigenvalue weighted by Gasteiger charge is -2.17. The van der Waals surface area contributed by atoms with Crippen molar-refractivity contribution in [2.75, 3.05) is 6.54 Å². The van der Waals surface area contributed by atoms with E-state index in [9.17, 15) is 4.79 Å². The van der Waals surface area contributed by atoms with Crippen molar-refractivity contribution in [1.29, 1.82) is 0 Å². The number of hydrogen-bond acceptors (Lipinski definition) is 5. The Balaban J connectivity index is 0.00000208. The van der Waals surface area contributed by atoms with Gasteiger partial charge in [0, 0.05) is 13.0 Å². The number of benzene rings is 1. The van der Waals surface area contributed by atoms with E-state index in [0.29, 0.717) is 31.1 Å². The summed E-state index contributed by atoms with van der Waals surface area (Å²) in [6, 6.07) is 9.66. The van der Waals surface area contributed by atoms with Gasteiger partial charge in [0.2, 0.25) is 11.8 Å². The minimum atomic E-state index is -0.432. The Morgan fingerprint density at radius 3 is 2.67 bits per heavy atom. The highest BCUT2D eigenvalue weighted by Crippen LogP contribution is 2.34. The third kappa shape index (κ3) is 4.55. The maximum absolute atomic E-state index is 11.9. The smallest absolute Gasteiger partial charge is 0.228 e. The predicted octanol–water partition coefficient (Wildman–Crippen LogP) is 2.12. The molecular weight excluding hydrogens is 328 g/mol. The molecule has 2 aromatic rings. The Bertz CT molecular complexity index is 654. The Morgan fingerprint density at radius 1 is 1.25 bits per heavy atom. The van der Waals surface area contributed by atoms with Crippen molar-refractivity contribution in [1.82, 2.24) is 15.5 Å². The number of hydrogen-bond donors (Lipinski definition) is 2. The van der Waals surface area contributed by atoms with Gasteiger partial charge in [-0.25, -0.2) is 0 Å².